The third-order valence-corrected chi connectivity index (χ3v) is 4.01. The number of terminal acetylenes is 1. The minimum atomic E-state index is 0.932. The Bertz CT molecular complexity index is 432. The van der Waals surface area contributed by atoms with Gasteiger partial charge in [-0.3, -0.25) is 0 Å². The summed E-state index contributed by atoms with van der Waals surface area (Å²) in [5, 5.41) is 0. The highest BCUT2D eigenvalue weighted by molar-refractivity contribution is 5.43. The van der Waals surface area contributed by atoms with E-state index in [1.165, 1.54) is 54.4 Å². The van der Waals surface area contributed by atoms with Crippen LogP contribution in [-0.2, 0) is 6.42 Å². The molecular formula is C18H26. The average Bonchev–Trinajstić information content (AvgIpc) is 2.34. The molecule has 0 saturated heterocycles. The van der Waals surface area contributed by atoms with Gasteiger partial charge in [0.1, 0.15) is 0 Å². The molecule has 0 aromatic heterocycles. The molecule has 0 radical (unpaired) electrons. The van der Waals surface area contributed by atoms with E-state index >= 15 is 0 Å². The molecule has 0 saturated carbocycles. The smallest absolute Gasteiger partial charge is 0.00860 e. The first-order valence-corrected chi connectivity index (χ1v) is 7.07. The Morgan fingerprint density at radius 3 is 2.22 bits per heavy atom. The maximum absolute atomic E-state index is 5.25. The lowest BCUT2D eigenvalue weighted by atomic mass is 9.91. The zero-order valence-electron chi connectivity index (χ0n) is 12.4. The summed E-state index contributed by atoms with van der Waals surface area (Å²) in [4.78, 5) is 0. The summed E-state index contributed by atoms with van der Waals surface area (Å²) in [6, 6.07) is 2.33. The van der Waals surface area contributed by atoms with Crippen LogP contribution in [0.25, 0.3) is 0 Å². The molecule has 0 aliphatic rings. The van der Waals surface area contributed by atoms with Crippen molar-refractivity contribution in [1.29, 1.82) is 0 Å². The summed E-state index contributed by atoms with van der Waals surface area (Å²) in [5.74, 6) is 2.71. The summed E-state index contributed by atoms with van der Waals surface area (Å²) in [6.07, 6.45) is 12.4. The van der Waals surface area contributed by atoms with Crippen LogP contribution < -0.4 is 0 Å². The zero-order valence-corrected chi connectivity index (χ0v) is 12.4. The molecule has 0 bridgehead atoms. The Morgan fingerprint density at radius 1 is 0.889 bits per heavy atom. The van der Waals surface area contributed by atoms with E-state index in [1.54, 1.807) is 5.56 Å². The number of unbranched alkanes of at least 4 members (excludes halogenated alkanes) is 4. The molecule has 0 fully saturated rings. The lowest BCUT2D eigenvalue weighted by Gasteiger charge is -2.15. The average molecular weight is 242 g/mol. The first-order valence-electron chi connectivity index (χ1n) is 7.07. The van der Waals surface area contributed by atoms with Crippen LogP contribution in [0.2, 0.25) is 0 Å². The van der Waals surface area contributed by atoms with Crippen molar-refractivity contribution in [2.75, 3.05) is 0 Å². The number of benzene rings is 1. The Kier molecular flexibility index (Phi) is 5.99. The van der Waals surface area contributed by atoms with Gasteiger partial charge in [-0.05, 0) is 74.8 Å². The van der Waals surface area contributed by atoms with Gasteiger partial charge in [-0.2, -0.15) is 0 Å². The predicted molar refractivity (Wildman–Crippen MR) is 81.0 cm³/mol. The highest BCUT2D eigenvalue weighted by Crippen LogP contribution is 2.23. The van der Waals surface area contributed by atoms with Gasteiger partial charge in [0, 0.05) is 6.42 Å². The number of hydrogen-bond donors (Lipinski definition) is 0. The second kappa shape index (κ2) is 7.27. The van der Waals surface area contributed by atoms with E-state index in [9.17, 15) is 0 Å². The lowest BCUT2D eigenvalue weighted by molar-refractivity contribution is 0.648. The van der Waals surface area contributed by atoms with E-state index in [1.807, 2.05) is 0 Å². The molecule has 0 heterocycles. The summed E-state index contributed by atoms with van der Waals surface area (Å²) in [7, 11) is 0. The summed E-state index contributed by atoms with van der Waals surface area (Å²) in [6.45, 7) is 8.95. The number of hydrogen-bond acceptors (Lipinski definition) is 0. The van der Waals surface area contributed by atoms with Crippen LogP contribution in [0.15, 0.2) is 6.07 Å². The van der Waals surface area contributed by atoms with Crippen LogP contribution >= 0.6 is 0 Å². The Labute approximate surface area is 113 Å². The molecule has 0 heteroatoms. The summed E-state index contributed by atoms with van der Waals surface area (Å²) >= 11 is 0. The Morgan fingerprint density at radius 2 is 1.56 bits per heavy atom. The second-order valence-corrected chi connectivity index (χ2v) is 5.36. The van der Waals surface area contributed by atoms with Gasteiger partial charge in [0.15, 0.2) is 0 Å². The molecule has 0 amide bonds. The van der Waals surface area contributed by atoms with Crippen LogP contribution in [0, 0.1) is 40.0 Å². The molecule has 18 heavy (non-hydrogen) atoms. The molecule has 0 aliphatic carbocycles. The fraction of sp³-hybridized carbons (Fsp3) is 0.556. The number of rotatable bonds is 6. The Balaban J connectivity index is 2.53. The predicted octanol–water partition coefficient (Wildman–Crippen LogP) is 5.05. The van der Waals surface area contributed by atoms with E-state index in [2.05, 4.69) is 39.7 Å². The van der Waals surface area contributed by atoms with Gasteiger partial charge in [-0.15, -0.1) is 12.3 Å². The molecule has 1 aromatic carbocycles. The van der Waals surface area contributed by atoms with Gasteiger partial charge >= 0.3 is 0 Å². The van der Waals surface area contributed by atoms with Crippen molar-refractivity contribution in [1.82, 2.24) is 0 Å². The van der Waals surface area contributed by atoms with Gasteiger partial charge < -0.3 is 0 Å². The van der Waals surface area contributed by atoms with E-state index in [-0.39, 0.29) is 0 Å². The molecule has 0 N–H and O–H groups in total. The zero-order chi connectivity index (χ0) is 13.5. The van der Waals surface area contributed by atoms with Crippen molar-refractivity contribution in [3.8, 4) is 12.3 Å². The van der Waals surface area contributed by atoms with Crippen molar-refractivity contribution in [2.24, 2.45) is 0 Å². The topological polar surface area (TPSA) is 0 Å². The molecular weight excluding hydrogens is 216 g/mol. The molecule has 98 valence electrons. The van der Waals surface area contributed by atoms with Crippen LogP contribution in [0.5, 0.6) is 0 Å². The van der Waals surface area contributed by atoms with Crippen molar-refractivity contribution in [3.63, 3.8) is 0 Å². The molecule has 0 unspecified atom stereocenters. The van der Waals surface area contributed by atoms with Gasteiger partial charge in [-0.1, -0.05) is 18.9 Å². The van der Waals surface area contributed by atoms with Crippen LogP contribution in [0.4, 0.5) is 0 Å². The van der Waals surface area contributed by atoms with E-state index in [0.717, 1.165) is 6.42 Å². The highest BCUT2D eigenvalue weighted by atomic mass is 14.1. The maximum atomic E-state index is 5.25. The molecule has 0 nitrogen and oxygen atoms in total. The maximum Gasteiger partial charge on any atom is 0.00860 e. The van der Waals surface area contributed by atoms with Crippen molar-refractivity contribution in [3.05, 3.63) is 33.9 Å². The summed E-state index contributed by atoms with van der Waals surface area (Å²) in [5.41, 5.74) is 7.40. The third-order valence-electron chi connectivity index (χ3n) is 4.01. The highest BCUT2D eigenvalue weighted by Gasteiger charge is 2.07. The van der Waals surface area contributed by atoms with Crippen LogP contribution in [0.3, 0.4) is 0 Å². The Hall–Kier alpha value is -1.22. The fourth-order valence-corrected chi connectivity index (χ4v) is 2.61. The van der Waals surface area contributed by atoms with Crippen molar-refractivity contribution < 1.29 is 0 Å². The minimum Gasteiger partial charge on any atom is -0.120 e. The van der Waals surface area contributed by atoms with Crippen LogP contribution in [-0.4, -0.2) is 0 Å². The molecule has 0 aliphatic heterocycles. The van der Waals surface area contributed by atoms with E-state index in [4.69, 9.17) is 6.42 Å². The van der Waals surface area contributed by atoms with Gasteiger partial charge in [0.25, 0.3) is 0 Å². The van der Waals surface area contributed by atoms with Crippen molar-refractivity contribution >= 4 is 0 Å². The SMILES string of the molecule is C#CCCCCCCc1c(C)cc(C)c(C)c1C. The molecule has 0 spiro atoms. The van der Waals surface area contributed by atoms with Gasteiger partial charge in [0.2, 0.25) is 0 Å². The van der Waals surface area contributed by atoms with Crippen molar-refractivity contribution in [2.45, 2.75) is 66.2 Å². The summed E-state index contributed by atoms with van der Waals surface area (Å²) < 4.78 is 0. The monoisotopic (exact) mass is 242 g/mol. The fourth-order valence-electron chi connectivity index (χ4n) is 2.61. The number of aryl methyl sites for hydroxylation is 2. The molecule has 1 aromatic rings. The largest absolute Gasteiger partial charge is 0.120 e. The second-order valence-electron chi connectivity index (χ2n) is 5.36. The molecule has 1 rings (SSSR count). The third kappa shape index (κ3) is 3.91. The van der Waals surface area contributed by atoms with Crippen LogP contribution in [0.1, 0.15) is 59.9 Å². The minimum absolute atomic E-state index is 0.932. The quantitative estimate of drug-likeness (QED) is 0.484. The lowest BCUT2D eigenvalue weighted by Crippen LogP contribution is -1.99. The normalized spacial score (nSPS) is 10.4. The van der Waals surface area contributed by atoms with E-state index in [0.29, 0.717) is 0 Å². The standard InChI is InChI=1S/C18H26/c1-6-7-8-9-10-11-12-18-15(3)13-14(2)16(4)17(18)5/h1,13H,7-12H2,2-5H3. The first-order chi connectivity index (χ1) is 8.57. The van der Waals surface area contributed by atoms with Gasteiger partial charge in [0.05, 0.1) is 0 Å². The van der Waals surface area contributed by atoms with Gasteiger partial charge in [-0.25, -0.2) is 0 Å². The van der Waals surface area contributed by atoms with E-state index < -0.39 is 0 Å². The first kappa shape index (κ1) is 14.8. The molecule has 0 atom stereocenters.